The van der Waals surface area contributed by atoms with E-state index < -0.39 is 6.04 Å². The first-order chi connectivity index (χ1) is 14.4. The van der Waals surface area contributed by atoms with Crippen molar-refractivity contribution in [3.8, 4) is 0 Å². The fourth-order valence-electron chi connectivity index (χ4n) is 5.63. The van der Waals surface area contributed by atoms with Crippen molar-refractivity contribution < 1.29 is 4.79 Å². The lowest BCUT2D eigenvalue weighted by Crippen LogP contribution is -2.56. The minimum Gasteiger partial charge on any atom is -0.376 e. The third-order valence-corrected chi connectivity index (χ3v) is 7.60. The Hall–Kier alpha value is -1.21. The van der Waals surface area contributed by atoms with Gasteiger partial charge in [0.2, 0.25) is 0 Å². The summed E-state index contributed by atoms with van der Waals surface area (Å²) in [6, 6.07) is 7.02. The van der Waals surface area contributed by atoms with E-state index in [1.807, 2.05) is 24.3 Å². The molecule has 2 aliphatic rings. The number of thiocarbonyl (C=S) groups is 1. The molecule has 3 rings (SSSR count). The van der Waals surface area contributed by atoms with Crippen LogP contribution in [0.1, 0.15) is 50.5 Å². The summed E-state index contributed by atoms with van der Waals surface area (Å²) in [6.07, 6.45) is 8.71. The molecule has 1 aliphatic carbocycles. The van der Waals surface area contributed by atoms with E-state index in [0.717, 1.165) is 31.5 Å². The molecule has 0 aromatic heterocycles. The molecular weight excluding hydrogens is 416 g/mol. The maximum Gasteiger partial charge on any atom is 0.163 e. The molecule has 0 radical (unpaired) electrons. The van der Waals surface area contributed by atoms with Crippen molar-refractivity contribution in [1.29, 1.82) is 0 Å². The van der Waals surface area contributed by atoms with Gasteiger partial charge in [-0.25, -0.2) is 0 Å². The van der Waals surface area contributed by atoms with Gasteiger partial charge in [-0.1, -0.05) is 43.0 Å². The van der Waals surface area contributed by atoms with Crippen molar-refractivity contribution in [3.63, 3.8) is 0 Å². The highest BCUT2D eigenvalue weighted by Gasteiger charge is 2.49. The predicted molar refractivity (Wildman–Crippen MR) is 128 cm³/mol. The molecule has 6 N–H and O–H groups in total. The molecule has 5 nitrogen and oxygen atoms in total. The Labute approximate surface area is 190 Å². The van der Waals surface area contributed by atoms with Crippen molar-refractivity contribution >= 4 is 34.7 Å². The van der Waals surface area contributed by atoms with Crippen LogP contribution in [-0.4, -0.2) is 36.6 Å². The topological polar surface area (TPSA) is 93.2 Å². The number of hydrogen-bond donors (Lipinski definition) is 4. The molecule has 0 bridgehead atoms. The van der Waals surface area contributed by atoms with Gasteiger partial charge in [0, 0.05) is 17.5 Å². The average molecular weight is 451 g/mol. The second-order valence-electron chi connectivity index (χ2n) is 8.96. The summed E-state index contributed by atoms with van der Waals surface area (Å²) < 4.78 is 0. The molecule has 0 spiro atoms. The van der Waals surface area contributed by atoms with Gasteiger partial charge in [0.1, 0.15) is 0 Å². The van der Waals surface area contributed by atoms with E-state index in [1.165, 1.54) is 32.1 Å². The number of ketones is 1. The second kappa shape index (κ2) is 10.9. The number of carbonyl (C=O) groups excluding carboxylic acids is 1. The average Bonchev–Trinajstić information content (AvgIpc) is 2.76. The number of nitrogens with two attached hydrogens (primary N) is 2. The zero-order valence-electron chi connectivity index (χ0n) is 17.7. The Bertz CT molecular complexity index is 714. The molecule has 1 saturated carbocycles. The largest absolute Gasteiger partial charge is 0.376 e. The Morgan fingerprint density at radius 3 is 2.43 bits per heavy atom. The van der Waals surface area contributed by atoms with E-state index in [1.54, 1.807) is 0 Å². The standard InChI is InChI=1S/C23H35ClN4OS/c24-18-8-6-16(7-9-18)14-20(25)21(29)19(15-28-22(26)30)23(10-12-27-13-11-23)17-4-2-1-3-5-17/h6-9,17,19-20,27H,1-5,10-15,25H2,(H3,26,28,30). The van der Waals surface area contributed by atoms with Crippen LogP contribution in [0.15, 0.2) is 24.3 Å². The van der Waals surface area contributed by atoms with Crippen LogP contribution in [0.3, 0.4) is 0 Å². The van der Waals surface area contributed by atoms with Crippen molar-refractivity contribution in [1.82, 2.24) is 10.6 Å². The van der Waals surface area contributed by atoms with Crippen molar-refractivity contribution in [2.45, 2.75) is 57.4 Å². The molecule has 2 unspecified atom stereocenters. The van der Waals surface area contributed by atoms with Crippen LogP contribution in [0.2, 0.25) is 5.02 Å². The minimum atomic E-state index is -0.556. The van der Waals surface area contributed by atoms with Crippen molar-refractivity contribution in [3.05, 3.63) is 34.9 Å². The van der Waals surface area contributed by atoms with E-state index in [4.69, 9.17) is 35.3 Å². The first kappa shape index (κ1) is 23.5. The molecule has 1 aromatic carbocycles. The molecule has 166 valence electrons. The third kappa shape index (κ3) is 5.72. The van der Waals surface area contributed by atoms with Gasteiger partial charge in [-0.15, -0.1) is 0 Å². The van der Waals surface area contributed by atoms with Gasteiger partial charge in [-0.2, -0.15) is 0 Å². The van der Waals surface area contributed by atoms with Gasteiger partial charge in [0.25, 0.3) is 0 Å². The fraction of sp³-hybridized carbons (Fsp3) is 0.652. The fourth-order valence-corrected chi connectivity index (χ4v) is 5.84. The maximum atomic E-state index is 13.8. The van der Waals surface area contributed by atoms with Crippen LogP contribution < -0.4 is 22.1 Å². The van der Waals surface area contributed by atoms with Gasteiger partial charge in [-0.05, 0) is 86.4 Å². The maximum absolute atomic E-state index is 13.8. The van der Waals surface area contributed by atoms with Crippen LogP contribution in [0.25, 0.3) is 0 Å². The minimum absolute atomic E-state index is 0.0435. The summed E-state index contributed by atoms with van der Waals surface area (Å²) in [7, 11) is 0. The van der Waals surface area contributed by atoms with E-state index in [2.05, 4.69) is 10.6 Å². The normalized spacial score (nSPS) is 21.5. The first-order valence-electron chi connectivity index (χ1n) is 11.2. The number of hydrogen-bond acceptors (Lipinski definition) is 4. The van der Waals surface area contributed by atoms with E-state index in [9.17, 15) is 4.79 Å². The van der Waals surface area contributed by atoms with Gasteiger partial charge < -0.3 is 22.1 Å². The zero-order chi connectivity index (χ0) is 21.6. The van der Waals surface area contributed by atoms with Crippen molar-refractivity contribution in [2.75, 3.05) is 19.6 Å². The Morgan fingerprint density at radius 1 is 1.20 bits per heavy atom. The summed E-state index contributed by atoms with van der Waals surface area (Å²) >= 11 is 11.1. The molecule has 30 heavy (non-hydrogen) atoms. The lowest BCUT2D eigenvalue weighted by atomic mass is 9.56. The SMILES string of the molecule is NC(=S)NCC(C(=O)C(N)Cc1ccc(Cl)cc1)C1(C2CCCCC2)CCNCC1. The number of Topliss-reactive ketones (excluding diaryl/α,β-unsaturated/α-hetero) is 1. The van der Waals surface area contributed by atoms with Crippen LogP contribution >= 0.6 is 23.8 Å². The number of benzene rings is 1. The molecule has 0 amide bonds. The quantitative estimate of drug-likeness (QED) is 0.454. The Morgan fingerprint density at radius 2 is 1.83 bits per heavy atom. The molecule has 2 atom stereocenters. The summed E-state index contributed by atoms with van der Waals surface area (Å²) in [5, 5.41) is 7.52. The highest BCUT2D eigenvalue weighted by atomic mass is 35.5. The van der Waals surface area contributed by atoms with Crippen molar-refractivity contribution in [2.24, 2.45) is 28.7 Å². The van der Waals surface area contributed by atoms with E-state index in [-0.39, 0.29) is 22.2 Å². The lowest BCUT2D eigenvalue weighted by Gasteiger charge is -2.50. The summed E-state index contributed by atoms with van der Waals surface area (Å²) in [5.74, 6) is 0.492. The third-order valence-electron chi connectivity index (χ3n) is 7.20. The number of halogens is 1. The molecule has 1 heterocycles. The number of nitrogens with one attached hydrogen (secondary N) is 2. The van der Waals surface area contributed by atoms with Gasteiger partial charge in [0.15, 0.2) is 10.9 Å². The van der Waals surface area contributed by atoms with Crippen LogP contribution in [-0.2, 0) is 11.2 Å². The highest BCUT2D eigenvalue weighted by molar-refractivity contribution is 7.80. The smallest absolute Gasteiger partial charge is 0.163 e. The number of rotatable bonds is 8. The van der Waals surface area contributed by atoms with Crippen LogP contribution in [0.4, 0.5) is 0 Å². The molecule has 1 saturated heterocycles. The predicted octanol–water partition coefficient (Wildman–Crippen LogP) is 3.18. The molecule has 1 aromatic rings. The Balaban J connectivity index is 1.85. The van der Waals surface area contributed by atoms with Crippen LogP contribution in [0.5, 0.6) is 0 Å². The van der Waals surface area contributed by atoms with E-state index in [0.29, 0.717) is 23.9 Å². The highest BCUT2D eigenvalue weighted by Crippen LogP contribution is 2.50. The first-order valence-corrected chi connectivity index (χ1v) is 12.0. The van der Waals surface area contributed by atoms with Crippen LogP contribution in [0, 0.1) is 17.3 Å². The molecule has 2 fully saturated rings. The monoisotopic (exact) mass is 450 g/mol. The number of piperidine rings is 1. The van der Waals surface area contributed by atoms with Gasteiger partial charge in [-0.3, -0.25) is 4.79 Å². The second-order valence-corrected chi connectivity index (χ2v) is 9.83. The van der Waals surface area contributed by atoms with Gasteiger partial charge >= 0.3 is 0 Å². The molecule has 1 aliphatic heterocycles. The summed E-state index contributed by atoms with van der Waals surface area (Å²) in [6.45, 7) is 2.36. The Kier molecular flexibility index (Phi) is 8.52. The van der Waals surface area contributed by atoms with E-state index >= 15 is 0 Å². The summed E-state index contributed by atoms with van der Waals surface area (Å²) in [5.41, 5.74) is 13.2. The zero-order valence-corrected chi connectivity index (χ0v) is 19.2. The molecular formula is C23H35ClN4OS. The number of carbonyl (C=O) groups is 1. The summed E-state index contributed by atoms with van der Waals surface area (Å²) in [4.78, 5) is 13.8. The molecule has 7 heteroatoms. The lowest BCUT2D eigenvalue weighted by molar-refractivity contribution is -0.132. The van der Waals surface area contributed by atoms with Gasteiger partial charge in [0.05, 0.1) is 6.04 Å².